The summed E-state index contributed by atoms with van der Waals surface area (Å²) in [5.74, 6) is -0.130. The Morgan fingerprint density at radius 1 is 1.32 bits per heavy atom. The molecule has 128 valence electrons. The molecule has 7 heteroatoms. The fourth-order valence-corrected chi connectivity index (χ4v) is 3.95. The van der Waals surface area contributed by atoms with E-state index in [0.29, 0.717) is 17.2 Å². The van der Waals surface area contributed by atoms with E-state index in [1.165, 1.54) is 5.56 Å². The molecule has 1 aromatic carbocycles. The number of urea groups is 1. The topological polar surface area (TPSA) is 87.3 Å². The lowest BCUT2D eigenvalue weighted by Gasteiger charge is -2.21. The predicted octanol–water partition coefficient (Wildman–Crippen LogP) is 2.54. The number of anilines is 1. The first-order chi connectivity index (χ1) is 12.0. The van der Waals surface area contributed by atoms with Gasteiger partial charge < -0.3 is 10.6 Å². The zero-order chi connectivity index (χ0) is 17.6. The van der Waals surface area contributed by atoms with Crippen LogP contribution in [0.2, 0.25) is 0 Å². The van der Waals surface area contributed by atoms with Gasteiger partial charge in [-0.25, -0.2) is 4.79 Å². The summed E-state index contributed by atoms with van der Waals surface area (Å²) in [6, 6.07) is 8.57. The van der Waals surface area contributed by atoms with Crippen molar-refractivity contribution in [2.24, 2.45) is 5.92 Å². The Labute approximate surface area is 148 Å². The van der Waals surface area contributed by atoms with Crippen LogP contribution in [0.4, 0.5) is 10.5 Å². The van der Waals surface area contributed by atoms with Crippen molar-refractivity contribution in [3.63, 3.8) is 0 Å². The van der Waals surface area contributed by atoms with Crippen molar-refractivity contribution >= 4 is 34.9 Å². The zero-order valence-corrected chi connectivity index (χ0v) is 14.4. The summed E-state index contributed by atoms with van der Waals surface area (Å²) in [5.41, 5.74) is 1.33. The van der Waals surface area contributed by atoms with Crippen LogP contribution in [0.3, 0.4) is 0 Å². The van der Waals surface area contributed by atoms with Gasteiger partial charge in [-0.05, 0) is 59.3 Å². The van der Waals surface area contributed by atoms with Gasteiger partial charge in [-0.15, -0.1) is 0 Å². The highest BCUT2D eigenvalue weighted by Gasteiger charge is 2.45. The Morgan fingerprint density at radius 3 is 2.84 bits per heavy atom. The Hall–Kier alpha value is -2.67. The van der Waals surface area contributed by atoms with Crippen molar-refractivity contribution in [2.45, 2.75) is 24.8 Å². The number of rotatable bonds is 4. The highest BCUT2D eigenvalue weighted by molar-refractivity contribution is 7.08. The van der Waals surface area contributed by atoms with Gasteiger partial charge in [0.15, 0.2) is 0 Å². The summed E-state index contributed by atoms with van der Waals surface area (Å²) in [6.45, 7) is 1.64. The number of amides is 4. The molecule has 3 atom stereocenters. The van der Waals surface area contributed by atoms with Crippen molar-refractivity contribution < 1.29 is 14.4 Å². The van der Waals surface area contributed by atoms with Gasteiger partial charge in [0.2, 0.25) is 5.91 Å². The standard InChI is InChI=1S/C18H17N3O3S/c1-18(16(23)20-17(24)21-18)11-3-2-4-12(7-11)19-15(22)14-8-13(14)10-5-6-25-9-10/h2-7,9,13-14H,8H2,1H3,(H,19,22)(H2,20,21,23,24)/t13-,14+,18?/m0/s1. The van der Waals surface area contributed by atoms with Crippen molar-refractivity contribution in [1.82, 2.24) is 10.6 Å². The molecule has 1 aromatic heterocycles. The molecule has 1 aliphatic heterocycles. The Morgan fingerprint density at radius 2 is 2.16 bits per heavy atom. The minimum absolute atomic E-state index is 0.0108. The van der Waals surface area contributed by atoms with Crippen LogP contribution in [-0.4, -0.2) is 17.8 Å². The van der Waals surface area contributed by atoms with Crippen LogP contribution in [0.5, 0.6) is 0 Å². The molecule has 2 aliphatic rings. The fourth-order valence-electron chi connectivity index (χ4n) is 3.23. The summed E-state index contributed by atoms with van der Waals surface area (Å²) in [6.07, 6.45) is 0.860. The summed E-state index contributed by atoms with van der Waals surface area (Å²) in [7, 11) is 0. The summed E-state index contributed by atoms with van der Waals surface area (Å²) >= 11 is 1.64. The molecular weight excluding hydrogens is 338 g/mol. The van der Waals surface area contributed by atoms with Gasteiger partial charge in [-0.3, -0.25) is 14.9 Å². The summed E-state index contributed by atoms with van der Waals surface area (Å²) in [4.78, 5) is 35.9. The third kappa shape index (κ3) is 2.80. The number of hydrogen-bond acceptors (Lipinski definition) is 4. The van der Waals surface area contributed by atoms with Crippen LogP contribution < -0.4 is 16.0 Å². The molecule has 1 unspecified atom stereocenters. The SMILES string of the molecule is CC1(c2cccc(NC(=O)[C@@H]3C[C@H]3c3ccsc3)c2)NC(=O)NC1=O. The van der Waals surface area contributed by atoms with E-state index in [2.05, 4.69) is 27.4 Å². The molecule has 3 N–H and O–H groups in total. The van der Waals surface area contributed by atoms with E-state index in [0.717, 1.165) is 6.42 Å². The number of hydrogen-bond donors (Lipinski definition) is 3. The monoisotopic (exact) mass is 355 g/mol. The predicted molar refractivity (Wildman–Crippen MR) is 94.3 cm³/mol. The van der Waals surface area contributed by atoms with Gasteiger partial charge in [-0.2, -0.15) is 11.3 Å². The van der Waals surface area contributed by atoms with Gasteiger partial charge in [0, 0.05) is 11.6 Å². The molecule has 4 amide bonds. The molecule has 1 aliphatic carbocycles. The van der Waals surface area contributed by atoms with Crippen LogP contribution in [-0.2, 0) is 15.1 Å². The number of nitrogens with one attached hydrogen (secondary N) is 3. The van der Waals surface area contributed by atoms with Gasteiger partial charge in [-0.1, -0.05) is 12.1 Å². The van der Waals surface area contributed by atoms with Gasteiger partial charge in [0.25, 0.3) is 5.91 Å². The average Bonchev–Trinajstić information content (AvgIpc) is 3.09. The molecule has 2 heterocycles. The lowest BCUT2D eigenvalue weighted by molar-refractivity contribution is -0.123. The average molecular weight is 355 g/mol. The van der Waals surface area contributed by atoms with Gasteiger partial charge in [0.05, 0.1) is 0 Å². The first-order valence-electron chi connectivity index (χ1n) is 8.04. The quantitative estimate of drug-likeness (QED) is 0.737. The maximum atomic E-state index is 12.5. The zero-order valence-electron chi connectivity index (χ0n) is 13.5. The summed E-state index contributed by atoms with van der Waals surface area (Å²) < 4.78 is 0. The van der Waals surface area contributed by atoms with Gasteiger partial charge >= 0.3 is 6.03 Å². The second-order valence-corrected chi connectivity index (χ2v) is 7.39. The van der Waals surface area contributed by atoms with Crippen molar-refractivity contribution in [2.75, 3.05) is 5.32 Å². The van der Waals surface area contributed by atoms with Crippen molar-refractivity contribution in [3.8, 4) is 0 Å². The van der Waals surface area contributed by atoms with E-state index in [4.69, 9.17) is 0 Å². The van der Waals surface area contributed by atoms with Gasteiger partial charge in [0.1, 0.15) is 5.54 Å². The molecule has 1 saturated heterocycles. The third-order valence-corrected chi connectivity index (χ3v) is 5.55. The number of benzene rings is 1. The molecule has 1 saturated carbocycles. The minimum Gasteiger partial charge on any atom is -0.326 e. The second kappa shape index (κ2) is 5.70. The maximum Gasteiger partial charge on any atom is 0.322 e. The first kappa shape index (κ1) is 15.8. The van der Waals surface area contributed by atoms with Crippen LogP contribution in [0.25, 0.3) is 0 Å². The molecule has 2 aromatic rings. The minimum atomic E-state index is -1.13. The van der Waals surface area contributed by atoms with Crippen LogP contribution in [0.15, 0.2) is 41.1 Å². The van der Waals surface area contributed by atoms with E-state index in [-0.39, 0.29) is 11.8 Å². The van der Waals surface area contributed by atoms with E-state index in [1.807, 2.05) is 5.38 Å². The molecule has 25 heavy (non-hydrogen) atoms. The van der Waals surface area contributed by atoms with E-state index < -0.39 is 17.5 Å². The van der Waals surface area contributed by atoms with Crippen molar-refractivity contribution in [1.29, 1.82) is 0 Å². The second-order valence-electron chi connectivity index (χ2n) is 6.61. The molecule has 4 rings (SSSR count). The Balaban J connectivity index is 1.48. The highest BCUT2D eigenvalue weighted by Crippen LogP contribution is 2.48. The summed E-state index contributed by atoms with van der Waals surface area (Å²) in [5, 5.41) is 11.9. The number of carbonyl (C=O) groups is 3. The number of imide groups is 1. The normalized spacial score (nSPS) is 27.6. The maximum absolute atomic E-state index is 12.5. The molecule has 6 nitrogen and oxygen atoms in total. The van der Waals surface area contributed by atoms with E-state index in [9.17, 15) is 14.4 Å². The molecule has 0 spiro atoms. The smallest absolute Gasteiger partial charge is 0.322 e. The molecule has 0 radical (unpaired) electrons. The fraction of sp³-hybridized carbons (Fsp3) is 0.278. The Kier molecular flexibility index (Phi) is 3.61. The largest absolute Gasteiger partial charge is 0.326 e. The molecule has 0 bridgehead atoms. The lowest BCUT2D eigenvalue weighted by Crippen LogP contribution is -2.40. The van der Waals surface area contributed by atoms with E-state index in [1.54, 1.807) is 42.5 Å². The third-order valence-electron chi connectivity index (χ3n) is 4.85. The molecule has 2 fully saturated rings. The van der Waals surface area contributed by atoms with Crippen LogP contribution in [0.1, 0.15) is 30.4 Å². The lowest BCUT2D eigenvalue weighted by atomic mass is 9.92. The first-order valence-corrected chi connectivity index (χ1v) is 8.99. The van der Waals surface area contributed by atoms with Crippen LogP contribution in [0, 0.1) is 5.92 Å². The molecular formula is C18H17N3O3S. The number of carbonyl (C=O) groups excluding carboxylic acids is 3. The van der Waals surface area contributed by atoms with E-state index >= 15 is 0 Å². The highest BCUT2D eigenvalue weighted by atomic mass is 32.1. The number of thiophene rings is 1. The van der Waals surface area contributed by atoms with Crippen LogP contribution >= 0.6 is 11.3 Å². The Bertz CT molecular complexity index is 864. The van der Waals surface area contributed by atoms with Crippen molar-refractivity contribution in [3.05, 3.63) is 52.2 Å².